The lowest BCUT2D eigenvalue weighted by Gasteiger charge is -2.29. The zero-order valence-electron chi connectivity index (χ0n) is 7.59. The van der Waals surface area contributed by atoms with Crippen molar-refractivity contribution in [3.8, 4) is 0 Å². The van der Waals surface area contributed by atoms with E-state index in [1.54, 1.807) is 6.92 Å². The molecule has 0 aromatic rings. The van der Waals surface area contributed by atoms with Crippen molar-refractivity contribution >= 4 is 5.97 Å². The summed E-state index contributed by atoms with van der Waals surface area (Å²) in [6, 6.07) is 0. The zero-order chi connectivity index (χ0) is 9.23. The molecule has 0 spiro atoms. The van der Waals surface area contributed by atoms with Crippen molar-refractivity contribution in [1.82, 2.24) is 0 Å². The lowest BCUT2D eigenvalue weighted by atomic mass is 9.80. The van der Waals surface area contributed by atoms with Crippen LogP contribution in [0.3, 0.4) is 0 Å². The van der Waals surface area contributed by atoms with Crippen LogP contribution in [-0.2, 0) is 4.79 Å². The number of carboxylic acids is 1. The van der Waals surface area contributed by atoms with Crippen LogP contribution in [0.15, 0.2) is 0 Å². The molecular formula is C8H17NO2. The second-order valence-corrected chi connectivity index (χ2v) is 3.62. The molecule has 0 aliphatic heterocycles. The standard InChI is InChI=1S/C8H17NO2/c1-5(2)6(3)8(4,9)7(10)11/h5-6H,9H2,1-4H3,(H,10,11). The predicted molar refractivity (Wildman–Crippen MR) is 44.2 cm³/mol. The quantitative estimate of drug-likeness (QED) is 0.647. The van der Waals surface area contributed by atoms with E-state index in [0.717, 1.165) is 0 Å². The van der Waals surface area contributed by atoms with Crippen LogP contribution in [0.2, 0.25) is 0 Å². The average Bonchev–Trinajstić information content (AvgIpc) is 1.85. The van der Waals surface area contributed by atoms with Crippen molar-refractivity contribution in [2.45, 2.75) is 33.2 Å². The molecule has 0 fully saturated rings. The number of carbonyl (C=O) groups is 1. The molecule has 2 unspecified atom stereocenters. The minimum atomic E-state index is -1.10. The average molecular weight is 159 g/mol. The summed E-state index contributed by atoms with van der Waals surface area (Å²) in [6.45, 7) is 7.36. The van der Waals surface area contributed by atoms with Crippen molar-refractivity contribution in [2.24, 2.45) is 17.6 Å². The summed E-state index contributed by atoms with van der Waals surface area (Å²) in [5.41, 5.74) is 4.50. The third-order valence-electron chi connectivity index (χ3n) is 2.41. The van der Waals surface area contributed by atoms with E-state index in [2.05, 4.69) is 0 Å². The summed E-state index contributed by atoms with van der Waals surface area (Å²) in [7, 11) is 0. The van der Waals surface area contributed by atoms with Gasteiger partial charge in [-0.25, -0.2) is 0 Å². The highest BCUT2D eigenvalue weighted by atomic mass is 16.4. The summed E-state index contributed by atoms with van der Waals surface area (Å²) in [4.78, 5) is 10.6. The van der Waals surface area contributed by atoms with Crippen LogP contribution in [0.25, 0.3) is 0 Å². The second-order valence-electron chi connectivity index (χ2n) is 3.62. The van der Waals surface area contributed by atoms with E-state index in [4.69, 9.17) is 10.8 Å². The van der Waals surface area contributed by atoms with Crippen LogP contribution in [0.1, 0.15) is 27.7 Å². The minimum Gasteiger partial charge on any atom is -0.480 e. The predicted octanol–water partition coefficient (Wildman–Crippen LogP) is 1.08. The van der Waals surface area contributed by atoms with Gasteiger partial charge in [0, 0.05) is 0 Å². The first-order chi connectivity index (χ1) is 4.80. The van der Waals surface area contributed by atoms with Crippen molar-refractivity contribution in [1.29, 1.82) is 0 Å². The number of carboxylic acid groups (broad SMARTS) is 1. The number of hydrogen-bond donors (Lipinski definition) is 2. The zero-order valence-corrected chi connectivity index (χ0v) is 7.59. The van der Waals surface area contributed by atoms with E-state index in [1.807, 2.05) is 20.8 Å². The molecule has 2 atom stereocenters. The fourth-order valence-electron chi connectivity index (χ4n) is 0.887. The third kappa shape index (κ3) is 2.19. The lowest BCUT2D eigenvalue weighted by molar-refractivity contribution is -0.145. The molecule has 3 nitrogen and oxygen atoms in total. The first kappa shape index (κ1) is 10.4. The van der Waals surface area contributed by atoms with E-state index in [9.17, 15) is 4.79 Å². The van der Waals surface area contributed by atoms with Crippen LogP contribution in [0.5, 0.6) is 0 Å². The first-order valence-electron chi connectivity index (χ1n) is 3.82. The van der Waals surface area contributed by atoms with Crippen molar-refractivity contribution in [3.63, 3.8) is 0 Å². The third-order valence-corrected chi connectivity index (χ3v) is 2.41. The lowest BCUT2D eigenvalue weighted by Crippen LogP contribution is -2.52. The summed E-state index contributed by atoms with van der Waals surface area (Å²) in [5.74, 6) is -0.653. The second kappa shape index (κ2) is 3.22. The number of hydrogen-bond acceptors (Lipinski definition) is 2. The van der Waals surface area contributed by atoms with E-state index < -0.39 is 11.5 Å². The number of rotatable bonds is 3. The fourth-order valence-corrected chi connectivity index (χ4v) is 0.887. The number of aliphatic carboxylic acids is 1. The van der Waals surface area contributed by atoms with Gasteiger partial charge in [0.25, 0.3) is 0 Å². The molecule has 3 N–H and O–H groups in total. The Bertz CT molecular complexity index is 152. The van der Waals surface area contributed by atoms with Gasteiger partial charge in [-0.1, -0.05) is 20.8 Å². The molecule has 0 aromatic heterocycles. The van der Waals surface area contributed by atoms with Crippen molar-refractivity contribution in [2.75, 3.05) is 0 Å². The van der Waals surface area contributed by atoms with E-state index in [-0.39, 0.29) is 5.92 Å². The van der Waals surface area contributed by atoms with Crippen LogP contribution in [-0.4, -0.2) is 16.6 Å². The van der Waals surface area contributed by atoms with Crippen molar-refractivity contribution < 1.29 is 9.90 Å². The van der Waals surface area contributed by atoms with Crippen LogP contribution >= 0.6 is 0 Å². The summed E-state index contributed by atoms with van der Waals surface area (Å²) < 4.78 is 0. The Morgan fingerprint density at radius 3 is 1.91 bits per heavy atom. The molecule has 3 heteroatoms. The van der Waals surface area contributed by atoms with Gasteiger partial charge in [-0.3, -0.25) is 4.79 Å². The molecular weight excluding hydrogens is 142 g/mol. The highest BCUT2D eigenvalue weighted by Crippen LogP contribution is 2.21. The van der Waals surface area contributed by atoms with E-state index >= 15 is 0 Å². The largest absolute Gasteiger partial charge is 0.480 e. The molecule has 0 aliphatic rings. The minimum absolute atomic E-state index is 0.0139. The van der Waals surface area contributed by atoms with Gasteiger partial charge in [0.05, 0.1) is 0 Å². The molecule has 11 heavy (non-hydrogen) atoms. The summed E-state index contributed by atoms with van der Waals surface area (Å²) in [6.07, 6.45) is 0. The molecule has 0 aromatic carbocycles. The maximum Gasteiger partial charge on any atom is 0.323 e. The van der Waals surface area contributed by atoms with Gasteiger partial charge in [-0.15, -0.1) is 0 Å². The Morgan fingerprint density at radius 2 is 1.82 bits per heavy atom. The van der Waals surface area contributed by atoms with Gasteiger partial charge < -0.3 is 10.8 Å². The highest BCUT2D eigenvalue weighted by molar-refractivity contribution is 5.78. The fraction of sp³-hybridized carbons (Fsp3) is 0.875. The summed E-state index contributed by atoms with van der Waals surface area (Å²) >= 11 is 0. The molecule has 0 saturated carbocycles. The molecule has 0 aliphatic carbocycles. The smallest absolute Gasteiger partial charge is 0.323 e. The van der Waals surface area contributed by atoms with Gasteiger partial charge in [-0.2, -0.15) is 0 Å². The maximum absolute atomic E-state index is 10.6. The van der Waals surface area contributed by atoms with Gasteiger partial charge >= 0.3 is 5.97 Å². The Balaban J connectivity index is 4.42. The number of nitrogens with two attached hydrogens (primary N) is 1. The molecule has 0 radical (unpaired) electrons. The SMILES string of the molecule is CC(C)C(C)C(C)(N)C(=O)O. The van der Waals surface area contributed by atoms with E-state index in [0.29, 0.717) is 5.92 Å². The summed E-state index contributed by atoms with van der Waals surface area (Å²) in [5, 5.41) is 8.74. The van der Waals surface area contributed by atoms with Gasteiger partial charge in [-0.05, 0) is 18.8 Å². The van der Waals surface area contributed by atoms with Gasteiger partial charge in [0.2, 0.25) is 0 Å². The molecule has 0 rings (SSSR count). The Hall–Kier alpha value is -0.570. The maximum atomic E-state index is 10.6. The molecule has 66 valence electrons. The topological polar surface area (TPSA) is 63.3 Å². The van der Waals surface area contributed by atoms with Gasteiger partial charge in [0.1, 0.15) is 5.54 Å². The first-order valence-corrected chi connectivity index (χ1v) is 3.82. The van der Waals surface area contributed by atoms with Gasteiger partial charge in [0.15, 0.2) is 0 Å². The Labute approximate surface area is 67.6 Å². The molecule has 0 bridgehead atoms. The molecule has 0 heterocycles. The van der Waals surface area contributed by atoms with E-state index in [1.165, 1.54) is 0 Å². The molecule has 0 amide bonds. The Morgan fingerprint density at radius 1 is 1.45 bits per heavy atom. The van der Waals surface area contributed by atoms with Crippen LogP contribution in [0.4, 0.5) is 0 Å². The normalized spacial score (nSPS) is 19.5. The highest BCUT2D eigenvalue weighted by Gasteiger charge is 2.35. The van der Waals surface area contributed by atoms with Crippen molar-refractivity contribution in [3.05, 3.63) is 0 Å². The van der Waals surface area contributed by atoms with Crippen LogP contribution < -0.4 is 5.73 Å². The Kier molecular flexibility index (Phi) is 3.05. The molecule has 0 saturated heterocycles. The van der Waals surface area contributed by atoms with Crippen LogP contribution in [0, 0.1) is 11.8 Å². The monoisotopic (exact) mass is 159 g/mol.